The molecule has 0 spiro atoms. The van der Waals surface area contributed by atoms with E-state index in [1.54, 1.807) is 0 Å². The van der Waals surface area contributed by atoms with Crippen LogP contribution in [0.15, 0.2) is 35.8 Å². The van der Waals surface area contributed by atoms with Crippen LogP contribution >= 0.6 is 11.3 Å². The summed E-state index contributed by atoms with van der Waals surface area (Å²) < 4.78 is 0. The van der Waals surface area contributed by atoms with E-state index in [-0.39, 0.29) is 0 Å². The smallest absolute Gasteiger partial charge is 0.185 e. The molecule has 2 aromatic heterocycles. The van der Waals surface area contributed by atoms with Crippen molar-refractivity contribution in [2.45, 2.75) is 39.2 Å². The molecule has 2 aliphatic rings. The number of fused-ring (bicyclic) bond motifs is 1. The second-order valence-corrected chi connectivity index (χ2v) is 9.43. The van der Waals surface area contributed by atoms with Crippen LogP contribution in [0.3, 0.4) is 0 Å². The van der Waals surface area contributed by atoms with Crippen LogP contribution in [0.2, 0.25) is 0 Å². The second-order valence-electron chi connectivity index (χ2n) is 8.59. The van der Waals surface area contributed by atoms with Gasteiger partial charge in [0.1, 0.15) is 0 Å². The van der Waals surface area contributed by atoms with Gasteiger partial charge < -0.3 is 9.80 Å². The Kier molecular flexibility index (Phi) is 5.86. The number of pyridine rings is 1. The van der Waals surface area contributed by atoms with Crippen molar-refractivity contribution in [1.29, 1.82) is 0 Å². The molecule has 158 valence electrons. The van der Waals surface area contributed by atoms with Crippen LogP contribution in [0, 0.1) is 6.92 Å². The number of aryl methyl sites for hydroxylation is 1. The lowest BCUT2D eigenvalue weighted by molar-refractivity contribution is 0.282. The van der Waals surface area contributed by atoms with E-state index in [2.05, 4.69) is 45.2 Å². The Balaban J connectivity index is 1.26. The lowest BCUT2D eigenvalue weighted by atomic mass is 10.1. The summed E-state index contributed by atoms with van der Waals surface area (Å²) in [6.07, 6.45) is 7.06. The minimum absolute atomic E-state index is 0.963. The summed E-state index contributed by atoms with van der Waals surface area (Å²) >= 11 is 1.82. The molecule has 0 atom stereocenters. The molecule has 0 unspecified atom stereocenters. The molecule has 3 aromatic rings. The van der Waals surface area contributed by atoms with Gasteiger partial charge in [0.2, 0.25) is 0 Å². The van der Waals surface area contributed by atoms with Crippen molar-refractivity contribution in [2.24, 2.45) is 0 Å². The van der Waals surface area contributed by atoms with E-state index >= 15 is 0 Å². The topological polar surface area (TPSA) is 35.5 Å². The number of rotatable bonds is 4. The Bertz CT molecular complexity index is 994. The highest BCUT2D eigenvalue weighted by Gasteiger charge is 2.20. The summed E-state index contributed by atoms with van der Waals surface area (Å²) in [6.45, 7) is 9.84. The van der Waals surface area contributed by atoms with Crippen LogP contribution in [-0.4, -0.2) is 54.1 Å². The zero-order valence-electron chi connectivity index (χ0n) is 17.9. The number of piperidine rings is 1. The van der Waals surface area contributed by atoms with Crippen molar-refractivity contribution < 1.29 is 0 Å². The van der Waals surface area contributed by atoms with Crippen LogP contribution in [0.25, 0.3) is 10.9 Å². The first kappa shape index (κ1) is 19.8. The number of benzene rings is 1. The van der Waals surface area contributed by atoms with Crippen LogP contribution in [0.4, 0.5) is 10.8 Å². The summed E-state index contributed by atoms with van der Waals surface area (Å²) in [7, 11) is 0. The maximum absolute atomic E-state index is 4.97. The first-order valence-corrected chi connectivity index (χ1v) is 12.2. The molecule has 30 heavy (non-hydrogen) atoms. The fourth-order valence-electron chi connectivity index (χ4n) is 4.81. The van der Waals surface area contributed by atoms with E-state index < -0.39 is 0 Å². The van der Waals surface area contributed by atoms with Crippen molar-refractivity contribution in [3.05, 3.63) is 47.1 Å². The number of anilines is 2. The third-order valence-electron chi connectivity index (χ3n) is 6.41. The van der Waals surface area contributed by atoms with Crippen LogP contribution in [-0.2, 0) is 6.54 Å². The third kappa shape index (κ3) is 4.16. The Labute approximate surface area is 183 Å². The molecule has 2 saturated heterocycles. The van der Waals surface area contributed by atoms with Gasteiger partial charge in [0.25, 0.3) is 0 Å². The molecule has 4 heterocycles. The Hall–Kier alpha value is -2.18. The largest absolute Gasteiger partial charge is 0.368 e. The molecule has 2 fully saturated rings. The normalized spacial score (nSPS) is 18.7. The maximum atomic E-state index is 4.97. The van der Waals surface area contributed by atoms with Gasteiger partial charge in [0, 0.05) is 62.8 Å². The molecule has 0 radical (unpaired) electrons. The number of nitrogens with zero attached hydrogens (tertiary/aromatic N) is 5. The quantitative estimate of drug-likeness (QED) is 0.610. The summed E-state index contributed by atoms with van der Waals surface area (Å²) in [6, 6.07) is 8.61. The van der Waals surface area contributed by atoms with E-state index in [9.17, 15) is 0 Å². The van der Waals surface area contributed by atoms with Crippen molar-refractivity contribution in [2.75, 3.05) is 49.1 Å². The van der Waals surface area contributed by atoms with E-state index in [1.165, 1.54) is 66.2 Å². The minimum atomic E-state index is 0.963. The average Bonchev–Trinajstić information content (AvgIpc) is 3.13. The van der Waals surface area contributed by atoms with Crippen molar-refractivity contribution >= 4 is 33.1 Å². The lowest BCUT2D eigenvalue weighted by Gasteiger charge is -2.26. The standard InChI is InChI=1S/C24H31N5S/c1-19-8-9-20-7-5-10-25-22(20)23(19)28-14-6-11-27(15-16-28)17-21-18-30-24(26-21)29-12-3-2-4-13-29/h5,7-10,18H,2-4,6,11-17H2,1H3. The van der Waals surface area contributed by atoms with Gasteiger partial charge in [-0.1, -0.05) is 18.2 Å². The molecule has 2 aliphatic heterocycles. The fraction of sp³-hybridized carbons (Fsp3) is 0.500. The highest BCUT2D eigenvalue weighted by molar-refractivity contribution is 7.13. The van der Waals surface area contributed by atoms with E-state index in [4.69, 9.17) is 9.97 Å². The molecule has 6 heteroatoms. The van der Waals surface area contributed by atoms with E-state index in [0.29, 0.717) is 0 Å². The molecule has 0 aliphatic carbocycles. The average molecular weight is 422 g/mol. The number of hydrogen-bond donors (Lipinski definition) is 0. The van der Waals surface area contributed by atoms with Gasteiger partial charge in [-0.2, -0.15) is 0 Å². The van der Waals surface area contributed by atoms with Gasteiger partial charge in [0.15, 0.2) is 5.13 Å². The molecule has 5 rings (SSSR count). The first-order chi connectivity index (χ1) is 14.8. The Morgan fingerprint density at radius 1 is 0.900 bits per heavy atom. The molecule has 0 saturated carbocycles. The van der Waals surface area contributed by atoms with Gasteiger partial charge in [-0.15, -0.1) is 11.3 Å². The zero-order chi connectivity index (χ0) is 20.3. The van der Waals surface area contributed by atoms with Crippen LogP contribution < -0.4 is 9.80 Å². The van der Waals surface area contributed by atoms with Crippen LogP contribution in [0.1, 0.15) is 36.9 Å². The summed E-state index contributed by atoms with van der Waals surface area (Å²) in [5, 5.41) is 4.72. The van der Waals surface area contributed by atoms with Crippen molar-refractivity contribution in [3.8, 4) is 0 Å². The SMILES string of the molecule is Cc1ccc2cccnc2c1N1CCCN(Cc2csc(N3CCCCC3)n2)CC1. The predicted molar refractivity (Wildman–Crippen MR) is 127 cm³/mol. The predicted octanol–water partition coefficient (Wildman–Crippen LogP) is 4.70. The van der Waals surface area contributed by atoms with Gasteiger partial charge in [0.05, 0.1) is 16.9 Å². The van der Waals surface area contributed by atoms with Gasteiger partial charge in [-0.05, 0) is 44.2 Å². The molecular weight excluding hydrogens is 390 g/mol. The molecule has 1 aromatic carbocycles. The summed E-state index contributed by atoms with van der Waals surface area (Å²) in [4.78, 5) is 17.3. The molecule has 0 N–H and O–H groups in total. The van der Waals surface area contributed by atoms with E-state index in [1.807, 2.05) is 23.6 Å². The molecule has 0 bridgehead atoms. The number of thiazole rings is 1. The minimum Gasteiger partial charge on any atom is -0.368 e. The maximum Gasteiger partial charge on any atom is 0.185 e. The van der Waals surface area contributed by atoms with Gasteiger partial charge in [-0.3, -0.25) is 9.88 Å². The summed E-state index contributed by atoms with van der Waals surface area (Å²) in [5.74, 6) is 0. The van der Waals surface area contributed by atoms with Gasteiger partial charge >= 0.3 is 0 Å². The lowest BCUT2D eigenvalue weighted by Crippen LogP contribution is -2.31. The molecular formula is C24H31N5S. The monoisotopic (exact) mass is 421 g/mol. The Morgan fingerprint density at radius 3 is 2.67 bits per heavy atom. The third-order valence-corrected chi connectivity index (χ3v) is 7.36. The van der Waals surface area contributed by atoms with Crippen LogP contribution in [0.5, 0.6) is 0 Å². The van der Waals surface area contributed by atoms with Crippen molar-refractivity contribution in [1.82, 2.24) is 14.9 Å². The fourth-order valence-corrected chi connectivity index (χ4v) is 5.68. The first-order valence-electron chi connectivity index (χ1n) is 11.3. The van der Waals surface area contributed by atoms with Crippen molar-refractivity contribution in [3.63, 3.8) is 0 Å². The number of hydrogen-bond acceptors (Lipinski definition) is 6. The van der Waals surface area contributed by atoms with Gasteiger partial charge in [-0.25, -0.2) is 4.98 Å². The molecule has 5 nitrogen and oxygen atoms in total. The molecule has 0 amide bonds. The van der Waals surface area contributed by atoms with E-state index in [0.717, 1.165) is 38.2 Å². The number of aromatic nitrogens is 2. The Morgan fingerprint density at radius 2 is 1.77 bits per heavy atom. The zero-order valence-corrected chi connectivity index (χ0v) is 18.7. The highest BCUT2D eigenvalue weighted by Crippen LogP contribution is 2.30. The highest BCUT2D eigenvalue weighted by atomic mass is 32.1. The second kappa shape index (κ2) is 8.90. The summed E-state index contributed by atoms with van der Waals surface area (Å²) in [5.41, 5.74) is 5.00.